The van der Waals surface area contributed by atoms with Crippen molar-refractivity contribution in [3.8, 4) is 10.4 Å². The number of benzene rings is 1. The van der Waals surface area contributed by atoms with Crippen molar-refractivity contribution < 1.29 is 4.79 Å². The molecule has 142 valence electrons. The van der Waals surface area contributed by atoms with E-state index in [1.54, 1.807) is 11.3 Å². The summed E-state index contributed by atoms with van der Waals surface area (Å²) in [5.74, 6) is 0.189. The fraction of sp³-hybridized carbons (Fsp3) is 0.304. The average Bonchev–Trinajstić information content (AvgIpc) is 3.19. The summed E-state index contributed by atoms with van der Waals surface area (Å²) in [4.78, 5) is 24.1. The van der Waals surface area contributed by atoms with Gasteiger partial charge in [0.2, 0.25) is 0 Å². The summed E-state index contributed by atoms with van der Waals surface area (Å²) >= 11 is 1.67. The molecule has 1 aliphatic heterocycles. The van der Waals surface area contributed by atoms with Gasteiger partial charge in [0.1, 0.15) is 0 Å². The van der Waals surface area contributed by atoms with Crippen LogP contribution in [0.1, 0.15) is 26.5 Å². The second-order valence-electron chi connectivity index (χ2n) is 7.51. The first kappa shape index (κ1) is 17.6. The van der Waals surface area contributed by atoms with E-state index in [1.807, 2.05) is 23.2 Å². The number of hydrogen-bond donors (Lipinski definition) is 0. The van der Waals surface area contributed by atoms with E-state index in [1.165, 1.54) is 21.6 Å². The van der Waals surface area contributed by atoms with E-state index in [9.17, 15) is 4.79 Å². The lowest BCUT2D eigenvalue weighted by atomic mass is 9.91. The molecule has 1 aromatic carbocycles. The Hall–Kier alpha value is -2.50. The van der Waals surface area contributed by atoms with Gasteiger partial charge in [-0.1, -0.05) is 30.3 Å². The molecule has 1 aliphatic carbocycles. The zero-order chi connectivity index (χ0) is 18.9. The number of nitrogens with zero attached hydrogens (tertiary/aromatic N) is 3. The Morgan fingerprint density at radius 2 is 1.75 bits per heavy atom. The minimum absolute atomic E-state index is 0.189. The van der Waals surface area contributed by atoms with E-state index >= 15 is 0 Å². The van der Waals surface area contributed by atoms with Gasteiger partial charge in [0.15, 0.2) is 0 Å². The van der Waals surface area contributed by atoms with Gasteiger partial charge >= 0.3 is 0 Å². The number of pyridine rings is 1. The smallest absolute Gasteiger partial charge is 0.264 e. The second-order valence-corrected chi connectivity index (χ2v) is 8.56. The summed E-state index contributed by atoms with van der Waals surface area (Å²) in [5, 5.41) is 0. The van der Waals surface area contributed by atoms with Crippen LogP contribution in [0.15, 0.2) is 54.7 Å². The molecule has 0 radical (unpaired) electrons. The van der Waals surface area contributed by atoms with Crippen molar-refractivity contribution in [2.75, 3.05) is 26.2 Å². The van der Waals surface area contributed by atoms with E-state index in [4.69, 9.17) is 0 Å². The van der Waals surface area contributed by atoms with Crippen molar-refractivity contribution in [1.82, 2.24) is 14.8 Å². The molecule has 0 atom stereocenters. The number of carbonyl (C=O) groups is 1. The zero-order valence-electron chi connectivity index (χ0n) is 15.8. The van der Waals surface area contributed by atoms with Crippen molar-refractivity contribution in [1.29, 1.82) is 0 Å². The number of hydrogen-bond acceptors (Lipinski definition) is 4. The topological polar surface area (TPSA) is 36.4 Å². The summed E-state index contributed by atoms with van der Waals surface area (Å²) in [6, 6.07) is 16.8. The highest BCUT2D eigenvalue weighted by Gasteiger charge is 2.26. The molecule has 1 saturated heterocycles. The van der Waals surface area contributed by atoms with Crippen LogP contribution < -0.4 is 0 Å². The van der Waals surface area contributed by atoms with Crippen molar-refractivity contribution in [3.05, 3.63) is 76.4 Å². The molecule has 3 aromatic rings. The van der Waals surface area contributed by atoms with Gasteiger partial charge < -0.3 is 4.90 Å². The highest BCUT2D eigenvalue weighted by Crippen LogP contribution is 2.39. The Morgan fingerprint density at radius 3 is 2.57 bits per heavy atom. The number of aromatic nitrogens is 1. The fourth-order valence-corrected chi connectivity index (χ4v) is 5.40. The van der Waals surface area contributed by atoms with Crippen LogP contribution in [0, 0.1) is 0 Å². The molecule has 28 heavy (non-hydrogen) atoms. The van der Waals surface area contributed by atoms with Crippen LogP contribution >= 0.6 is 11.3 Å². The third-order valence-corrected chi connectivity index (χ3v) is 6.92. The highest BCUT2D eigenvalue weighted by atomic mass is 32.1. The van der Waals surface area contributed by atoms with Crippen LogP contribution in [0.4, 0.5) is 0 Å². The Bertz CT molecular complexity index is 990. The van der Waals surface area contributed by atoms with Gasteiger partial charge in [0.25, 0.3) is 5.91 Å². The Kier molecular flexibility index (Phi) is 4.71. The lowest BCUT2D eigenvalue weighted by molar-refractivity contribution is 0.0631. The SMILES string of the molecule is O=C(c1cc2c(s1)-c1ccccc1CC2)N1CCN(Cc2ccccn2)CC1. The van der Waals surface area contributed by atoms with Gasteiger partial charge in [-0.3, -0.25) is 14.7 Å². The van der Waals surface area contributed by atoms with Crippen LogP contribution in [0.3, 0.4) is 0 Å². The van der Waals surface area contributed by atoms with Crippen LogP contribution in [-0.4, -0.2) is 46.9 Å². The maximum Gasteiger partial charge on any atom is 0.264 e. The summed E-state index contributed by atoms with van der Waals surface area (Å²) in [6.45, 7) is 4.22. The van der Waals surface area contributed by atoms with Crippen molar-refractivity contribution in [2.24, 2.45) is 0 Å². The second kappa shape index (κ2) is 7.49. The molecule has 1 amide bonds. The number of fused-ring (bicyclic) bond motifs is 3. The molecular formula is C23H23N3OS. The third-order valence-electron chi connectivity index (χ3n) is 5.72. The molecule has 0 unspecified atom stereocenters. The van der Waals surface area contributed by atoms with Crippen LogP contribution in [-0.2, 0) is 19.4 Å². The number of rotatable bonds is 3. The van der Waals surface area contributed by atoms with Gasteiger partial charge in [-0.25, -0.2) is 0 Å². The maximum atomic E-state index is 13.1. The molecule has 2 aliphatic rings. The molecule has 0 saturated carbocycles. The summed E-state index contributed by atoms with van der Waals surface area (Å²) in [5.41, 5.74) is 5.14. The van der Waals surface area contributed by atoms with Gasteiger partial charge in [0, 0.05) is 43.8 Å². The lowest BCUT2D eigenvalue weighted by Gasteiger charge is -2.34. The minimum Gasteiger partial charge on any atom is -0.335 e. The largest absolute Gasteiger partial charge is 0.335 e. The molecular weight excluding hydrogens is 366 g/mol. The first-order valence-electron chi connectivity index (χ1n) is 9.90. The van der Waals surface area contributed by atoms with Crippen molar-refractivity contribution >= 4 is 17.2 Å². The molecule has 5 rings (SSSR count). The third kappa shape index (κ3) is 3.36. The average molecular weight is 390 g/mol. The molecule has 3 heterocycles. The first-order valence-corrected chi connectivity index (χ1v) is 10.7. The molecule has 1 fully saturated rings. The fourth-order valence-electron chi connectivity index (χ4n) is 4.16. The van der Waals surface area contributed by atoms with E-state index in [0.29, 0.717) is 0 Å². The normalized spacial score (nSPS) is 16.5. The standard InChI is InChI=1S/C23H23N3OS/c27-23(26-13-11-25(12-14-26)16-19-6-3-4-10-24-19)21-15-18-9-8-17-5-1-2-7-20(17)22(18)28-21/h1-7,10,15H,8-9,11-14,16H2. The molecule has 0 spiro atoms. The predicted molar refractivity (Wildman–Crippen MR) is 113 cm³/mol. The van der Waals surface area contributed by atoms with Crippen molar-refractivity contribution in [3.63, 3.8) is 0 Å². The van der Waals surface area contributed by atoms with Gasteiger partial charge in [-0.2, -0.15) is 0 Å². The number of carbonyl (C=O) groups excluding carboxylic acids is 1. The van der Waals surface area contributed by atoms with Crippen LogP contribution in [0.5, 0.6) is 0 Å². The maximum absolute atomic E-state index is 13.1. The number of piperazine rings is 1. The molecule has 4 nitrogen and oxygen atoms in total. The lowest BCUT2D eigenvalue weighted by Crippen LogP contribution is -2.48. The quantitative estimate of drug-likeness (QED) is 0.682. The van der Waals surface area contributed by atoms with Gasteiger partial charge in [-0.05, 0) is 47.7 Å². The number of thiophene rings is 1. The zero-order valence-corrected chi connectivity index (χ0v) is 16.6. The van der Waals surface area contributed by atoms with Crippen LogP contribution in [0.2, 0.25) is 0 Å². The van der Waals surface area contributed by atoms with E-state index in [2.05, 4.69) is 46.3 Å². The Balaban J connectivity index is 1.27. The molecule has 0 N–H and O–H groups in total. The van der Waals surface area contributed by atoms with E-state index in [-0.39, 0.29) is 5.91 Å². The molecule has 5 heteroatoms. The minimum atomic E-state index is 0.189. The van der Waals surface area contributed by atoms with Gasteiger partial charge in [-0.15, -0.1) is 11.3 Å². The predicted octanol–water partition coefficient (Wildman–Crippen LogP) is 3.87. The highest BCUT2D eigenvalue weighted by molar-refractivity contribution is 7.17. The van der Waals surface area contributed by atoms with E-state index in [0.717, 1.165) is 56.1 Å². The monoisotopic (exact) mass is 389 g/mol. The Morgan fingerprint density at radius 1 is 0.964 bits per heavy atom. The molecule has 0 bridgehead atoms. The number of amides is 1. The summed E-state index contributed by atoms with van der Waals surface area (Å²) in [6.07, 6.45) is 3.94. The van der Waals surface area contributed by atoms with E-state index < -0.39 is 0 Å². The summed E-state index contributed by atoms with van der Waals surface area (Å²) in [7, 11) is 0. The van der Waals surface area contributed by atoms with Gasteiger partial charge in [0.05, 0.1) is 10.6 Å². The molecule has 2 aromatic heterocycles. The first-order chi connectivity index (χ1) is 13.8. The number of aryl methyl sites for hydroxylation is 2. The van der Waals surface area contributed by atoms with Crippen LogP contribution in [0.25, 0.3) is 10.4 Å². The Labute approximate surface area is 169 Å². The summed E-state index contributed by atoms with van der Waals surface area (Å²) < 4.78 is 0. The van der Waals surface area contributed by atoms with Crippen molar-refractivity contribution in [2.45, 2.75) is 19.4 Å².